The molecule has 0 spiro atoms. The van der Waals surface area contributed by atoms with Gasteiger partial charge in [-0.1, -0.05) is 38.1 Å². The first-order valence-electron chi connectivity index (χ1n) is 38.0. The molecule has 0 N–H and O–H groups in total. The van der Waals surface area contributed by atoms with Crippen LogP contribution >= 0.6 is 0 Å². The molecule has 0 aromatic heterocycles. The molecule has 0 aliphatic heterocycles. The lowest BCUT2D eigenvalue weighted by molar-refractivity contribution is 0.0138. The first-order valence-corrected chi connectivity index (χ1v) is 38.0. The Labute approximate surface area is 694 Å². The van der Waals surface area contributed by atoms with Crippen LogP contribution < -0.4 is 47.4 Å². The molecule has 119 heavy (non-hydrogen) atoms. The van der Waals surface area contributed by atoms with Gasteiger partial charge in [0.25, 0.3) is 0 Å². The second-order valence-electron chi connectivity index (χ2n) is 37.7. The Morgan fingerprint density at radius 2 is 0.311 bits per heavy atom. The highest BCUT2D eigenvalue weighted by molar-refractivity contribution is 5.92. The second-order valence-corrected chi connectivity index (χ2v) is 37.7. The molecule has 0 radical (unpaired) electrons. The Kier molecular flexibility index (Phi) is 29.1. The van der Waals surface area contributed by atoms with Crippen LogP contribution in [0.15, 0.2) is 97.1 Å². The summed E-state index contributed by atoms with van der Waals surface area (Å²) in [6.07, 6.45) is -12.4. The minimum Gasteiger partial charge on any atom is -0.428 e. The summed E-state index contributed by atoms with van der Waals surface area (Å²) in [7, 11) is 0. The molecule has 0 atom stereocenters. The lowest BCUT2D eigenvalue weighted by Gasteiger charge is -2.31. The van der Waals surface area contributed by atoms with Crippen molar-refractivity contribution in [2.24, 2.45) is 0 Å². The topological polar surface area (TPSA) is 355 Å². The van der Waals surface area contributed by atoms with E-state index < -0.39 is 146 Å². The highest BCUT2D eigenvalue weighted by atomic mass is 16.8. The van der Waals surface area contributed by atoms with E-state index in [1.807, 2.05) is 0 Å². The maximum absolute atomic E-state index is 14.7. The number of hydrogen-bond acceptors (Lipinski definition) is 30. The van der Waals surface area contributed by atoms with E-state index in [4.69, 9.17) is 94.7 Å². The van der Waals surface area contributed by atoms with Gasteiger partial charge in [0, 0.05) is 27.7 Å². The molecular weight excluding hydrogens is 1550 g/mol. The molecule has 30 nitrogen and oxygen atoms in total. The van der Waals surface area contributed by atoms with Gasteiger partial charge in [0.05, 0.1) is 0 Å². The van der Waals surface area contributed by atoms with Crippen LogP contribution in [0, 0.1) is 0 Å². The van der Waals surface area contributed by atoms with Gasteiger partial charge in [-0.15, -0.1) is 0 Å². The zero-order valence-corrected chi connectivity index (χ0v) is 74.0. The van der Waals surface area contributed by atoms with Crippen molar-refractivity contribution in [3.8, 4) is 102 Å². The summed E-state index contributed by atoms with van der Waals surface area (Å²) in [5.74, 6) is -3.91. The van der Waals surface area contributed by atoms with Crippen LogP contribution in [0.2, 0.25) is 0 Å². The first-order chi connectivity index (χ1) is 53.9. The van der Waals surface area contributed by atoms with Crippen molar-refractivity contribution in [3.63, 3.8) is 0 Å². The van der Waals surface area contributed by atoms with Crippen molar-refractivity contribution < 1.29 is 143 Å². The van der Waals surface area contributed by atoms with Crippen LogP contribution in [0.5, 0.6) is 57.5 Å². The fraction of sp³-hybridized carbons (Fsp3) is 0.483. The Bertz CT molecular complexity index is 4240. The zero-order chi connectivity index (χ0) is 90.3. The quantitative estimate of drug-likeness (QED) is 0.0493. The van der Waals surface area contributed by atoms with Crippen LogP contribution in [0.25, 0.3) is 44.5 Å². The highest BCUT2D eigenvalue weighted by Gasteiger charge is 2.37. The Morgan fingerprint density at radius 3 is 0.454 bits per heavy atom. The van der Waals surface area contributed by atoms with Crippen molar-refractivity contribution in [3.05, 3.63) is 108 Å². The van der Waals surface area contributed by atoms with Gasteiger partial charge in [-0.3, -0.25) is 0 Å². The molecule has 6 rings (SSSR count). The molecule has 648 valence electrons. The molecule has 0 fully saturated rings. The minimum atomic E-state index is -1.58. The van der Waals surface area contributed by atoms with Gasteiger partial charge >= 0.3 is 61.6 Å². The highest BCUT2D eigenvalue weighted by Crippen LogP contribution is 2.52. The van der Waals surface area contributed by atoms with E-state index >= 15 is 0 Å². The number of hydrogen-bond donors (Lipinski definition) is 0. The van der Waals surface area contributed by atoms with Crippen molar-refractivity contribution in [1.29, 1.82) is 0 Å². The van der Waals surface area contributed by atoms with Gasteiger partial charge in [0.2, 0.25) is 0 Å². The van der Waals surface area contributed by atoms with Crippen LogP contribution in [-0.2, 0) is 52.8 Å². The minimum absolute atomic E-state index is 0.0348. The second kappa shape index (κ2) is 36.1. The zero-order valence-electron chi connectivity index (χ0n) is 74.0. The van der Waals surface area contributed by atoms with Crippen LogP contribution in [0.3, 0.4) is 0 Å². The van der Waals surface area contributed by atoms with Crippen molar-refractivity contribution in [1.82, 2.24) is 0 Å². The Balaban J connectivity index is 1.97. The average molecular weight is 1660 g/mol. The van der Waals surface area contributed by atoms with E-state index in [-0.39, 0.29) is 90.1 Å². The fourth-order valence-corrected chi connectivity index (χ4v) is 10.2. The third kappa shape index (κ3) is 31.8. The molecule has 0 saturated carbocycles. The molecule has 0 bridgehead atoms. The molecule has 6 aromatic rings. The lowest BCUT2D eigenvalue weighted by atomic mass is 9.74. The lowest BCUT2D eigenvalue weighted by Crippen LogP contribution is -2.27. The molecule has 30 heteroatoms. The number of carbonyl (C=O) groups excluding carboxylic acids is 10. The van der Waals surface area contributed by atoms with E-state index in [1.165, 1.54) is 72.8 Å². The van der Waals surface area contributed by atoms with Crippen LogP contribution in [0.1, 0.15) is 233 Å². The number of benzene rings is 6. The molecule has 0 unspecified atom stereocenters. The summed E-state index contributed by atoms with van der Waals surface area (Å²) >= 11 is 0. The van der Waals surface area contributed by atoms with Gasteiger partial charge in [-0.25, -0.2) is 47.9 Å². The summed E-state index contributed by atoms with van der Waals surface area (Å²) in [4.78, 5) is 140. The van der Waals surface area contributed by atoms with E-state index in [0.29, 0.717) is 0 Å². The van der Waals surface area contributed by atoms with Gasteiger partial charge in [0.15, 0.2) is 46.0 Å². The van der Waals surface area contributed by atoms with Crippen molar-refractivity contribution in [2.75, 3.05) is 0 Å². The van der Waals surface area contributed by atoms with Crippen LogP contribution in [-0.4, -0.2) is 118 Å². The molecule has 0 aliphatic rings. The van der Waals surface area contributed by atoms with E-state index in [9.17, 15) is 47.9 Å². The third-order valence-corrected chi connectivity index (χ3v) is 14.5. The smallest absolute Gasteiger partial charge is 0.428 e. The Morgan fingerprint density at radius 1 is 0.176 bits per heavy atom. The molecule has 0 aliphatic carbocycles. The normalized spacial score (nSPS) is 12.4. The predicted octanol–water partition coefficient (Wildman–Crippen LogP) is 23.8. The summed E-state index contributed by atoms with van der Waals surface area (Å²) < 4.78 is 116. The van der Waals surface area contributed by atoms with Gasteiger partial charge in [0.1, 0.15) is 67.5 Å². The fourth-order valence-electron chi connectivity index (χ4n) is 10.2. The third-order valence-electron chi connectivity index (χ3n) is 14.5. The van der Waals surface area contributed by atoms with E-state index in [1.54, 1.807) is 246 Å². The maximum Gasteiger partial charge on any atom is 0.514 e. The summed E-state index contributed by atoms with van der Waals surface area (Å²) in [5, 5.41) is 0. The number of rotatable bonds is 16. The molecule has 0 saturated heterocycles. The molecule has 0 heterocycles. The standard InChI is InChI=1S/C89H112O30/c1-79(2,3)110-69(90)100-59-37-33-49(41-63(59)104-73(94)114-83(13,14)15)55-45-53(46-56(67(55)108-77(98)118-87(25,26)27)50-34-38-60(101-70(91)111-80(4,5)6)64(42-50)105-74(95)115-84(16,17)18)89(31,32)54-47-57(51-35-39-61(102-71(92)112-81(7,8)9)65(43-51)106-75(96)116-85(19,20)21)68(109-78(99)119-88(28,29)30)58(48-54)52-36-40-62(103-72(93)113-82(10,11)12)66(44-52)107-76(97)117-86(22,23)24/h33-48H,1-32H3. The van der Waals surface area contributed by atoms with Gasteiger partial charge < -0.3 is 94.7 Å². The largest absolute Gasteiger partial charge is 0.514 e. The van der Waals surface area contributed by atoms with Crippen molar-refractivity contribution in [2.45, 2.75) is 283 Å². The van der Waals surface area contributed by atoms with Crippen LogP contribution in [0.4, 0.5) is 47.9 Å². The summed E-state index contributed by atoms with van der Waals surface area (Å²) in [5.41, 5.74) is -12.5. The van der Waals surface area contributed by atoms with Gasteiger partial charge in [-0.05, 0) is 314 Å². The number of carbonyl (C=O) groups is 10. The van der Waals surface area contributed by atoms with Gasteiger partial charge in [-0.2, -0.15) is 0 Å². The Hall–Kier alpha value is -12.0. The molecular formula is C89H112O30. The van der Waals surface area contributed by atoms with Crippen molar-refractivity contribution >= 4 is 61.6 Å². The maximum atomic E-state index is 14.7. The SMILES string of the molecule is CC(C)(C)OC(=O)Oc1ccc(-c2cc(C(C)(C)c3cc(-c4ccc(OC(=O)OC(C)(C)C)c(OC(=O)OC(C)(C)C)c4)c(OC(=O)OC(C)(C)C)c(-c4ccc(OC(=O)OC(C)(C)C)c(OC(=O)OC(C)(C)C)c4)c3)cc(-c3ccc(OC(=O)OC(C)(C)C)c(OC(=O)OC(C)(C)C)c3)c2OC(=O)OC(C)(C)C)cc1OC(=O)OC(C)(C)C. The number of ether oxygens (including phenoxy) is 20. The molecule has 6 aromatic carbocycles. The van der Waals surface area contributed by atoms with E-state index in [0.717, 1.165) is 0 Å². The monoisotopic (exact) mass is 1660 g/mol. The summed E-state index contributed by atoms with van der Waals surface area (Å²) in [6.45, 7) is 51.2. The average Bonchev–Trinajstić information content (AvgIpc) is 0.740. The first kappa shape index (κ1) is 95.9. The van der Waals surface area contributed by atoms with E-state index in [2.05, 4.69) is 0 Å². The summed E-state index contributed by atoms with van der Waals surface area (Å²) in [6, 6.07) is 22.2. The molecule has 0 amide bonds. The predicted molar refractivity (Wildman–Crippen MR) is 435 cm³/mol.